The number of hydrogen-bond donors (Lipinski definition) is 1. The van der Waals surface area contributed by atoms with Crippen LogP contribution in [0.3, 0.4) is 0 Å². The van der Waals surface area contributed by atoms with Crippen molar-refractivity contribution < 1.29 is 9.13 Å². The lowest BCUT2D eigenvalue weighted by molar-refractivity contribution is -0.0373. The Morgan fingerprint density at radius 2 is 2.20 bits per heavy atom. The fourth-order valence-corrected chi connectivity index (χ4v) is 2.72. The lowest BCUT2D eigenvalue weighted by Crippen LogP contribution is -2.50. The smallest absolute Gasteiger partial charge is 0.127 e. The molecular weight excluding hydrogens is 255 g/mol. The Bertz CT molecular complexity index is 427. The van der Waals surface area contributed by atoms with Crippen LogP contribution in [0.1, 0.15) is 31.9 Å². The van der Waals surface area contributed by atoms with Gasteiger partial charge in [-0.15, -0.1) is 0 Å². The fourth-order valence-electron chi connectivity index (χ4n) is 2.72. The van der Waals surface area contributed by atoms with E-state index in [1.807, 2.05) is 12.1 Å². The van der Waals surface area contributed by atoms with Gasteiger partial charge in [0.2, 0.25) is 0 Å². The molecule has 1 saturated heterocycles. The van der Waals surface area contributed by atoms with Crippen LogP contribution in [0.4, 0.5) is 4.39 Å². The van der Waals surface area contributed by atoms with E-state index in [1.54, 1.807) is 6.07 Å². The molecule has 3 nitrogen and oxygen atoms in total. The topological polar surface area (TPSA) is 24.5 Å². The predicted molar refractivity (Wildman–Crippen MR) is 79.3 cm³/mol. The van der Waals surface area contributed by atoms with E-state index in [-0.39, 0.29) is 24.0 Å². The molecular formula is C16H25FN2O. The summed E-state index contributed by atoms with van der Waals surface area (Å²) in [5.74, 6) is -0.138. The van der Waals surface area contributed by atoms with Gasteiger partial charge in [-0.05, 0) is 26.5 Å². The van der Waals surface area contributed by atoms with E-state index in [2.05, 4.69) is 31.1 Å². The Kier molecular flexibility index (Phi) is 5.52. The third-order valence-corrected chi connectivity index (χ3v) is 4.01. The first-order chi connectivity index (χ1) is 9.61. The van der Waals surface area contributed by atoms with Crippen molar-refractivity contribution in [2.24, 2.45) is 0 Å². The molecule has 0 amide bonds. The van der Waals surface area contributed by atoms with Gasteiger partial charge in [0, 0.05) is 30.7 Å². The van der Waals surface area contributed by atoms with Gasteiger partial charge in [0.1, 0.15) is 5.82 Å². The Hall–Kier alpha value is -0.970. The summed E-state index contributed by atoms with van der Waals surface area (Å²) < 4.78 is 19.7. The van der Waals surface area contributed by atoms with Gasteiger partial charge in [-0.1, -0.05) is 25.1 Å². The normalized spacial score (nSPS) is 23.5. The molecule has 1 aromatic carbocycles. The van der Waals surface area contributed by atoms with E-state index < -0.39 is 0 Å². The van der Waals surface area contributed by atoms with Crippen LogP contribution >= 0.6 is 0 Å². The highest BCUT2D eigenvalue weighted by molar-refractivity contribution is 5.21. The minimum atomic E-state index is -0.138. The molecule has 4 heteroatoms. The van der Waals surface area contributed by atoms with Crippen molar-refractivity contribution in [1.29, 1.82) is 0 Å². The zero-order valence-corrected chi connectivity index (χ0v) is 12.6. The summed E-state index contributed by atoms with van der Waals surface area (Å²) in [5, 5.41) is 3.52. The van der Waals surface area contributed by atoms with Crippen LogP contribution in [-0.2, 0) is 4.74 Å². The van der Waals surface area contributed by atoms with Gasteiger partial charge < -0.3 is 15.0 Å². The van der Waals surface area contributed by atoms with Crippen LogP contribution in [0.25, 0.3) is 0 Å². The zero-order valence-electron chi connectivity index (χ0n) is 12.6. The molecule has 1 N–H and O–H groups in total. The lowest BCUT2D eigenvalue weighted by Gasteiger charge is -2.35. The molecule has 3 unspecified atom stereocenters. The zero-order chi connectivity index (χ0) is 14.5. The number of rotatable bonds is 5. The van der Waals surface area contributed by atoms with Crippen molar-refractivity contribution in [1.82, 2.24) is 10.2 Å². The summed E-state index contributed by atoms with van der Waals surface area (Å²) in [6.45, 7) is 6.86. The van der Waals surface area contributed by atoms with Crippen LogP contribution in [0.5, 0.6) is 0 Å². The molecule has 0 aliphatic carbocycles. The first kappa shape index (κ1) is 15.4. The van der Waals surface area contributed by atoms with Gasteiger partial charge in [-0.25, -0.2) is 4.39 Å². The average molecular weight is 280 g/mol. The van der Waals surface area contributed by atoms with Crippen molar-refractivity contribution in [3.05, 3.63) is 35.6 Å². The largest absolute Gasteiger partial charge is 0.374 e. The van der Waals surface area contributed by atoms with E-state index in [4.69, 9.17) is 4.74 Å². The van der Waals surface area contributed by atoms with Gasteiger partial charge >= 0.3 is 0 Å². The monoisotopic (exact) mass is 280 g/mol. The summed E-state index contributed by atoms with van der Waals surface area (Å²) in [7, 11) is 2.11. The maximum absolute atomic E-state index is 13.9. The van der Waals surface area contributed by atoms with Crippen LogP contribution in [0.15, 0.2) is 24.3 Å². The maximum Gasteiger partial charge on any atom is 0.127 e. The Balaban J connectivity index is 2.01. The molecule has 20 heavy (non-hydrogen) atoms. The van der Waals surface area contributed by atoms with Gasteiger partial charge in [0.25, 0.3) is 0 Å². The number of hydrogen-bond acceptors (Lipinski definition) is 3. The number of likely N-dealkylation sites (N-methyl/N-ethyl adjacent to an activating group) is 1. The highest BCUT2D eigenvalue weighted by Gasteiger charge is 2.26. The Morgan fingerprint density at radius 1 is 1.45 bits per heavy atom. The molecule has 0 radical (unpaired) electrons. The number of morpholine rings is 1. The molecule has 2 rings (SSSR count). The maximum atomic E-state index is 13.9. The van der Waals surface area contributed by atoms with Crippen molar-refractivity contribution in [2.45, 2.75) is 38.5 Å². The average Bonchev–Trinajstić information content (AvgIpc) is 2.45. The quantitative estimate of drug-likeness (QED) is 0.897. The van der Waals surface area contributed by atoms with Gasteiger partial charge in [0.05, 0.1) is 12.7 Å². The lowest BCUT2D eigenvalue weighted by atomic mass is 10.0. The number of nitrogens with zero attached hydrogens (tertiary/aromatic N) is 1. The second-order valence-corrected chi connectivity index (χ2v) is 5.61. The Labute approximate surface area is 121 Å². The van der Waals surface area contributed by atoms with Crippen LogP contribution in [0.2, 0.25) is 0 Å². The molecule has 1 heterocycles. The van der Waals surface area contributed by atoms with E-state index >= 15 is 0 Å². The van der Waals surface area contributed by atoms with E-state index in [0.29, 0.717) is 0 Å². The fraction of sp³-hybridized carbons (Fsp3) is 0.625. The minimum Gasteiger partial charge on any atom is -0.374 e. The highest BCUT2D eigenvalue weighted by Crippen LogP contribution is 2.21. The van der Waals surface area contributed by atoms with Crippen LogP contribution in [0, 0.1) is 5.82 Å². The van der Waals surface area contributed by atoms with E-state index in [9.17, 15) is 4.39 Å². The molecule has 3 atom stereocenters. The first-order valence-corrected chi connectivity index (χ1v) is 7.42. The molecule has 0 bridgehead atoms. The van der Waals surface area contributed by atoms with E-state index in [1.165, 1.54) is 6.07 Å². The molecule has 112 valence electrons. The third-order valence-electron chi connectivity index (χ3n) is 4.01. The minimum absolute atomic E-state index is 0.0297. The molecule has 1 fully saturated rings. The SMILES string of the molecule is CCC(NC(C)C1CN(C)CCO1)c1ccccc1F. The summed E-state index contributed by atoms with van der Waals surface area (Å²) in [6.07, 6.45) is 1.02. The van der Waals surface area contributed by atoms with Crippen molar-refractivity contribution in [2.75, 3.05) is 26.7 Å². The van der Waals surface area contributed by atoms with Crippen molar-refractivity contribution in [3.63, 3.8) is 0 Å². The molecule has 1 aromatic rings. The van der Waals surface area contributed by atoms with Gasteiger partial charge in [0.15, 0.2) is 0 Å². The number of nitrogens with one attached hydrogen (secondary N) is 1. The molecule has 1 aliphatic heterocycles. The van der Waals surface area contributed by atoms with Crippen molar-refractivity contribution >= 4 is 0 Å². The highest BCUT2D eigenvalue weighted by atomic mass is 19.1. The summed E-state index contributed by atoms with van der Waals surface area (Å²) >= 11 is 0. The third kappa shape index (κ3) is 3.78. The number of ether oxygens (including phenoxy) is 1. The standard InChI is InChI=1S/C16H25FN2O/c1-4-15(13-7-5-6-8-14(13)17)18-12(2)16-11-19(3)9-10-20-16/h5-8,12,15-16,18H,4,9-11H2,1-3H3. The summed E-state index contributed by atoms with van der Waals surface area (Å²) in [6, 6.07) is 7.23. The molecule has 0 aromatic heterocycles. The second-order valence-electron chi connectivity index (χ2n) is 5.61. The van der Waals surface area contributed by atoms with Gasteiger partial charge in [-0.2, -0.15) is 0 Å². The van der Waals surface area contributed by atoms with Crippen LogP contribution < -0.4 is 5.32 Å². The number of halogens is 1. The molecule has 1 aliphatic rings. The first-order valence-electron chi connectivity index (χ1n) is 7.42. The number of benzene rings is 1. The van der Waals surface area contributed by atoms with Crippen molar-refractivity contribution in [3.8, 4) is 0 Å². The predicted octanol–water partition coefficient (Wildman–Crippen LogP) is 2.59. The second kappa shape index (κ2) is 7.16. The van der Waals surface area contributed by atoms with Crippen LogP contribution in [-0.4, -0.2) is 43.8 Å². The summed E-state index contributed by atoms with van der Waals surface area (Å²) in [4.78, 5) is 2.27. The molecule has 0 spiro atoms. The molecule has 0 saturated carbocycles. The van der Waals surface area contributed by atoms with E-state index in [0.717, 1.165) is 31.7 Å². The summed E-state index contributed by atoms with van der Waals surface area (Å²) in [5.41, 5.74) is 0.742. The Morgan fingerprint density at radius 3 is 2.85 bits per heavy atom. The van der Waals surface area contributed by atoms with Gasteiger partial charge in [-0.3, -0.25) is 0 Å².